The van der Waals surface area contributed by atoms with E-state index in [1.807, 2.05) is 55.3 Å². The maximum Gasteiger partial charge on any atom is 0.168 e. The molecule has 0 atom stereocenters. The van der Waals surface area contributed by atoms with Crippen LogP contribution in [-0.4, -0.2) is 37.9 Å². The fourth-order valence-electron chi connectivity index (χ4n) is 3.55. The Hall–Kier alpha value is -1.89. The number of nitrogens with zero attached hydrogens (tertiary/aromatic N) is 2. The summed E-state index contributed by atoms with van der Waals surface area (Å²) in [7, 11) is -2.94. The summed E-state index contributed by atoms with van der Waals surface area (Å²) >= 11 is 0. The number of carbonyl (C=O) groups excluding carboxylic acids is 1. The van der Waals surface area contributed by atoms with Gasteiger partial charge in [-0.3, -0.25) is 13.9 Å². The number of hydrogen-bond donors (Lipinski definition) is 2. The van der Waals surface area contributed by atoms with Gasteiger partial charge in [-0.1, -0.05) is 36.8 Å². The normalized spacial score (nSPS) is 24.8. The van der Waals surface area contributed by atoms with Gasteiger partial charge in [-0.25, -0.2) is 0 Å². The monoisotopic (exact) mass is 358 g/mol. The minimum Gasteiger partial charge on any atom is -0.330 e. The first-order valence-electron chi connectivity index (χ1n) is 8.46. The van der Waals surface area contributed by atoms with E-state index in [2.05, 4.69) is 4.40 Å². The molecular formula is C19H22N2O3S. The van der Waals surface area contributed by atoms with Crippen molar-refractivity contribution in [2.45, 2.75) is 26.7 Å². The van der Waals surface area contributed by atoms with Crippen LogP contribution in [0.4, 0.5) is 0 Å². The standard InChI is InChI=1S/C19H22N2O3S/c1-19(2)8-7-13-5-6-14(12-16(13)17(19)22)15-4-3-9-21-10-11-25(23,24)20-18(15)21/h3-6,9,12,23-24H,7-8,10-11H2,1-2H3. The van der Waals surface area contributed by atoms with Crippen LogP contribution in [0, 0.1) is 5.41 Å². The zero-order chi connectivity index (χ0) is 17.8. The zero-order valence-corrected chi connectivity index (χ0v) is 15.2. The average molecular weight is 358 g/mol. The van der Waals surface area contributed by atoms with Crippen molar-refractivity contribution >= 4 is 28.0 Å². The Morgan fingerprint density at radius 3 is 2.88 bits per heavy atom. The molecule has 6 heteroatoms. The largest absolute Gasteiger partial charge is 0.330 e. The number of ketones is 1. The highest BCUT2D eigenvalue weighted by molar-refractivity contribution is 8.23. The van der Waals surface area contributed by atoms with Crippen LogP contribution in [0.1, 0.15) is 41.8 Å². The average Bonchev–Trinajstić information content (AvgIpc) is 2.57. The van der Waals surface area contributed by atoms with Crippen molar-refractivity contribution in [1.82, 2.24) is 4.90 Å². The van der Waals surface area contributed by atoms with Crippen molar-refractivity contribution in [3.05, 3.63) is 53.2 Å². The molecule has 2 heterocycles. The van der Waals surface area contributed by atoms with Gasteiger partial charge in [0.25, 0.3) is 0 Å². The van der Waals surface area contributed by atoms with Crippen LogP contribution in [0.15, 0.2) is 40.9 Å². The van der Waals surface area contributed by atoms with E-state index in [9.17, 15) is 13.9 Å². The lowest BCUT2D eigenvalue weighted by Gasteiger charge is -2.39. The molecule has 132 valence electrons. The lowest BCUT2D eigenvalue weighted by atomic mass is 9.72. The first-order chi connectivity index (χ1) is 11.8. The van der Waals surface area contributed by atoms with Gasteiger partial charge < -0.3 is 4.90 Å². The Labute approximate surface area is 149 Å². The van der Waals surface area contributed by atoms with Crippen LogP contribution >= 0.6 is 10.8 Å². The summed E-state index contributed by atoms with van der Waals surface area (Å²) in [5.41, 5.74) is 3.23. The topological polar surface area (TPSA) is 73.1 Å². The number of hydrogen-bond acceptors (Lipinski definition) is 5. The van der Waals surface area contributed by atoms with Gasteiger partial charge in [0, 0.05) is 29.3 Å². The lowest BCUT2D eigenvalue weighted by Crippen LogP contribution is -2.36. The molecule has 0 saturated carbocycles. The molecule has 1 aliphatic carbocycles. The van der Waals surface area contributed by atoms with E-state index >= 15 is 0 Å². The van der Waals surface area contributed by atoms with E-state index in [1.54, 1.807) is 0 Å². The van der Waals surface area contributed by atoms with Crippen molar-refractivity contribution < 1.29 is 13.9 Å². The highest BCUT2D eigenvalue weighted by Crippen LogP contribution is 2.45. The van der Waals surface area contributed by atoms with Gasteiger partial charge in [-0.2, -0.15) is 0 Å². The Morgan fingerprint density at radius 1 is 1.28 bits per heavy atom. The molecule has 25 heavy (non-hydrogen) atoms. The van der Waals surface area contributed by atoms with E-state index in [4.69, 9.17) is 0 Å². The number of fused-ring (bicyclic) bond motifs is 2. The van der Waals surface area contributed by atoms with Crippen molar-refractivity contribution in [2.75, 3.05) is 12.3 Å². The van der Waals surface area contributed by atoms with E-state index in [-0.39, 0.29) is 17.0 Å². The quantitative estimate of drug-likeness (QED) is 0.791. The van der Waals surface area contributed by atoms with Crippen LogP contribution < -0.4 is 0 Å². The van der Waals surface area contributed by atoms with Crippen LogP contribution in [-0.2, 0) is 6.42 Å². The number of rotatable bonds is 1. The second-order valence-corrected chi connectivity index (χ2v) is 9.31. The maximum absolute atomic E-state index is 12.8. The molecule has 0 amide bonds. The van der Waals surface area contributed by atoms with E-state index in [1.165, 1.54) is 0 Å². The Morgan fingerprint density at radius 2 is 2.08 bits per heavy atom. The maximum atomic E-state index is 12.8. The van der Waals surface area contributed by atoms with Gasteiger partial charge in [0.05, 0.1) is 5.75 Å². The van der Waals surface area contributed by atoms with Crippen LogP contribution in [0.2, 0.25) is 0 Å². The second-order valence-electron chi connectivity index (χ2n) is 7.45. The molecule has 0 radical (unpaired) electrons. The number of allylic oxidation sites excluding steroid dienone is 2. The minimum absolute atomic E-state index is 0.175. The Kier molecular flexibility index (Phi) is 3.68. The van der Waals surface area contributed by atoms with Crippen LogP contribution in [0.3, 0.4) is 0 Å². The summed E-state index contributed by atoms with van der Waals surface area (Å²) in [5, 5.41) is 0. The minimum atomic E-state index is -2.94. The zero-order valence-electron chi connectivity index (χ0n) is 14.4. The van der Waals surface area contributed by atoms with Crippen molar-refractivity contribution in [1.29, 1.82) is 0 Å². The molecule has 0 unspecified atom stereocenters. The number of benzene rings is 1. The van der Waals surface area contributed by atoms with E-state index in [0.717, 1.165) is 35.1 Å². The summed E-state index contributed by atoms with van der Waals surface area (Å²) in [4.78, 5) is 14.7. The summed E-state index contributed by atoms with van der Waals surface area (Å²) in [5.74, 6) is 0.982. The SMILES string of the molecule is CC1(C)CCc2ccc(C3=CC=CN4CCS(O)(O)N=C34)cc2C1=O. The third-order valence-corrected chi connectivity index (χ3v) is 6.38. The number of aryl methyl sites for hydroxylation is 1. The first kappa shape index (κ1) is 16.6. The number of carbonyl (C=O) groups is 1. The fraction of sp³-hybridized carbons (Fsp3) is 0.368. The fourth-order valence-corrected chi connectivity index (χ4v) is 4.57. The van der Waals surface area contributed by atoms with Crippen molar-refractivity contribution in [3.8, 4) is 0 Å². The van der Waals surface area contributed by atoms with E-state index in [0.29, 0.717) is 12.4 Å². The molecule has 4 rings (SSSR count). The lowest BCUT2D eigenvalue weighted by molar-refractivity contribution is 0.0811. The molecule has 0 spiro atoms. The molecule has 5 nitrogen and oxygen atoms in total. The molecule has 3 aliphatic rings. The van der Waals surface area contributed by atoms with Gasteiger partial charge in [-0.05, 0) is 42.2 Å². The molecule has 0 aromatic heterocycles. The smallest absolute Gasteiger partial charge is 0.168 e. The summed E-state index contributed by atoms with van der Waals surface area (Å²) in [6, 6.07) is 5.95. The van der Waals surface area contributed by atoms with Crippen molar-refractivity contribution in [2.24, 2.45) is 9.81 Å². The third-order valence-electron chi connectivity index (χ3n) is 5.18. The van der Waals surface area contributed by atoms with Gasteiger partial charge in [0.15, 0.2) is 11.6 Å². The predicted molar refractivity (Wildman–Crippen MR) is 102 cm³/mol. The molecule has 0 saturated heterocycles. The molecule has 1 aromatic rings. The highest BCUT2D eigenvalue weighted by Gasteiger charge is 2.35. The molecular weight excluding hydrogens is 336 g/mol. The van der Waals surface area contributed by atoms with E-state index < -0.39 is 10.8 Å². The molecule has 0 fully saturated rings. The summed E-state index contributed by atoms with van der Waals surface area (Å²) in [6.45, 7) is 4.51. The predicted octanol–water partition coefficient (Wildman–Crippen LogP) is 4.13. The third kappa shape index (κ3) is 2.84. The molecule has 2 aliphatic heterocycles. The van der Waals surface area contributed by atoms with Gasteiger partial charge in [0.2, 0.25) is 0 Å². The van der Waals surface area contributed by atoms with Gasteiger partial charge in [0.1, 0.15) is 0 Å². The Balaban J connectivity index is 1.79. The molecule has 1 aromatic carbocycles. The number of Topliss-reactive ketones (excluding diaryl/α,β-unsaturated/α-hetero) is 1. The highest BCUT2D eigenvalue weighted by atomic mass is 32.3. The van der Waals surface area contributed by atoms with Crippen LogP contribution in [0.25, 0.3) is 5.57 Å². The number of amidine groups is 1. The van der Waals surface area contributed by atoms with Gasteiger partial charge >= 0.3 is 0 Å². The molecule has 2 N–H and O–H groups in total. The Bertz CT molecular complexity index is 852. The van der Waals surface area contributed by atoms with Crippen LogP contribution in [0.5, 0.6) is 0 Å². The summed E-state index contributed by atoms with van der Waals surface area (Å²) < 4.78 is 24.2. The van der Waals surface area contributed by atoms with Gasteiger partial charge in [-0.15, -0.1) is 4.40 Å². The first-order valence-corrected chi connectivity index (χ1v) is 10.1. The van der Waals surface area contributed by atoms with Crippen molar-refractivity contribution in [3.63, 3.8) is 0 Å². The second kappa shape index (κ2) is 5.56. The summed E-state index contributed by atoms with van der Waals surface area (Å²) in [6.07, 6.45) is 7.50. The molecule has 0 bridgehead atoms.